The lowest BCUT2D eigenvalue weighted by molar-refractivity contribution is 0.145. The highest BCUT2D eigenvalue weighted by Gasteiger charge is 2.28. The molecule has 3 rings (SSSR count). The molecule has 2 aliphatic rings. The SMILES string of the molecule is Brc1cncc(CN2CCCC(C3CCCN3)C2)c1. The molecule has 2 aliphatic heterocycles. The van der Waals surface area contributed by atoms with E-state index in [9.17, 15) is 0 Å². The van der Waals surface area contributed by atoms with Gasteiger partial charge in [-0.15, -0.1) is 0 Å². The van der Waals surface area contributed by atoms with Crippen molar-refractivity contribution >= 4 is 15.9 Å². The van der Waals surface area contributed by atoms with Gasteiger partial charge >= 0.3 is 0 Å². The van der Waals surface area contributed by atoms with Gasteiger partial charge < -0.3 is 5.32 Å². The van der Waals surface area contributed by atoms with Gasteiger partial charge in [0.15, 0.2) is 0 Å². The molecule has 2 saturated heterocycles. The molecule has 2 fully saturated rings. The number of aromatic nitrogens is 1. The van der Waals surface area contributed by atoms with Crippen LogP contribution in [0.2, 0.25) is 0 Å². The second-order valence-corrected chi connectivity index (χ2v) is 6.77. The zero-order chi connectivity index (χ0) is 13.1. The molecule has 0 amide bonds. The quantitative estimate of drug-likeness (QED) is 0.927. The molecule has 2 atom stereocenters. The molecular formula is C15H22BrN3. The summed E-state index contributed by atoms with van der Waals surface area (Å²) in [7, 11) is 0. The van der Waals surface area contributed by atoms with Crippen LogP contribution in [0.5, 0.6) is 0 Å². The normalized spacial score (nSPS) is 28.7. The van der Waals surface area contributed by atoms with Crippen LogP contribution in [0.25, 0.3) is 0 Å². The van der Waals surface area contributed by atoms with Crippen LogP contribution in [0.4, 0.5) is 0 Å². The van der Waals surface area contributed by atoms with Crippen molar-refractivity contribution in [2.75, 3.05) is 19.6 Å². The van der Waals surface area contributed by atoms with Gasteiger partial charge in [0.1, 0.15) is 0 Å². The fraction of sp³-hybridized carbons (Fsp3) is 0.667. The lowest BCUT2D eigenvalue weighted by atomic mass is 9.89. The summed E-state index contributed by atoms with van der Waals surface area (Å²) in [6.07, 6.45) is 9.30. The third kappa shape index (κ3) is 3.56. The van der Waals surface area contributed by atoms with E-state index in [1.807, 2.05) is 12.4 Å². The second-order valence-electron chi connectivity index (χ2n) is 5.85. The van der Waals surface area contributed by atoms with Crippen LogP contribution in [0, 0.1) is 5.92 Å². The molecule has 0 spiro atoms. The maximum absolute atomic E-state index is 4.26. The summed E-state index contributed by atoms with van der Waals surface area (Å²) in [5.74, 6) is 0.844. The summed E-state index contributed by atoms with van der Waals surface area (Å²) < 4.78 is 1.08. The van der Waals surface area contributed by atoms with Gasteiger partial charge in [0.05, 0.1) is 0 Å². The largest absolute Gasteiger partial charge is 0.314 e. The Balaban J connectivity index is 1.58. The molecule has 1 aromatic heterocycles. The Morgan fingerprint density at radius 3 is 3.05 bits per heavy atom. The van der Waals surface area contributed by atoms with Crippen LogP contribution in [0.3, 0.4) is 0 Å². The first-order chi connectivity index (χ1) is 9.31. The van der Waals surface area contributed by atoms with Gasteiger partial charge in [-0.3, -0.25) is 9.88 Å². The average molecular weight is 324 g/mol. The van der Waals surface area contributed by atoms with Gasteiger partial charge in [0.25, 0.3) is 0 Å². The molecule has 19 heavy (non-hydrogen) atoms. The Labute approximate surface area is 123 Å². The maximum Gasteiger partial charge on any atom is 0.0410 e. The first-order valence-corrected chi connectivity index (χ1v) is 8.16. The van der Waals surface area contributed by atoms with Gasteiger partial charge in [0.2, 0.25) is 0 Å². The van der Waals surface area contributed by atoms with E-state index in [0.29, 0.717) is 0 Å². The minimum atomic E-state index is 0.767. The summed E-state index contributed by atoms with van der Waals surface area (Å²) >= 11 is 3.50. The number of nitrogens with zero attached hydrogens (tertiary/aromatic N) is 2. The molecule has 0 radical (unpaired) electrons. The number of pyridine rings is 1. The van der Waals surface area contributed by atoms with Gasteiger partial charge in [-0.05, 0) is 72.3 Å². The minimum Gasteiger partial charge on any atom is -0.314 e. The second kappa shape index (κ2) is 6.33. The molecule has 0 aliphatic carbocycles. The highest BCUT2D eigenvalue weighted by Crippen LogP contribution is 2.25. The Kier molecular flexibility index (Phi) is 4.51. The number of nitrogens with one attached hydrogen (secondary N) is 1. The first-order valence-electron chi connectivity index (χ1n) is 7.36. The summed E-state index contributed by atoms with van der Waals surface area (Å²) in [4.78, 5) is 6.86. The Hall–Kier alpha value is -0.450. The van der Waals surface area contributed by atoms with E-state index in [4.69, 9.17) is 0 Å². The Morgan fingerprint density at radius 2 is 2.26 bits per heavy atom. The Morgan fingerprint density at radius 1 is 1.32 bits per heavy atom. The number of rotatable bonds is 3. The fourth-order valence-corrected chi connectivity index (χ4v) is 3.89. The molecule has 2 unspecified atom stereocenters. The van der Waals surface area contributed by atoms with Crippen molar-refractivity contribution in [3.63, 3.8) is 0 Å². The molecule has 0 bridgehead atoms. The standard InChI is InChI=1S/C15H22BrN3/c16-14-7-12(8-17-9-14)10-19-6-2-3-13(11-19)15-4-1-5-18-15/h7-9,13,15,18H,1-6,10-11H2. The van der Waals surface area contributed by atoms with E-state index >= 15 is 0 Å². The molecule has 4 heteroatoms. The predicted molar refractivity (Wildman–Crippen MR) is 81.0 cm³/mol. The molecule has 1 aromatic rings. The summed E-state index contributed by atoms with van der Waals surface area (Å²) in [6, 6.07) is 2.95. The van der Waals surface area contributed by atoms with Crippen molar-refractivity contribution in [1.82, 2.24) is 15.2 Å². The molecule has 3 heterocycles. The number of hydrogen-bond donors (Lipinski definition) is 1. The summed E-state index contributed by atoms with van der Waals surface area (Å²) in [5.41, 5.74) is 1.31. The van der Waals surface area contributed by atoms with Crippen molar-refractivity contribution in [1.29, 1.82) is 0 Å². The summed E-state index contributed by atoms with van der Waals surface area (Å²) in [6.45, 7) is 4.73. The van der Waals surface area contributed by atoms with Crippen LogP contribution in [-0.2, 0) is 6.54 Å². The maximum atomic E-state index is 4.26. The van der Waals surface area contributed by atoms with Crippen LogP contribution in [0.1, 0.15) is 31.2 Å². The molecule has 104 valence electrons. The monoisotopic (exact) mass is 323 g/mol. The van der Waals surface area contributed by atoms with Gasteiger partial charge in [-0.25, -0.2) is 0 Å². The van der Waals surface area contributed by atoms with Crippen molar-refractivity contribution in [2.24, 2.45) is 5.92 Å². The van der Waals surface area contributed by atoms with E-state index in [1.54, 1.807) is 0 Å². The Bertz CT molecular complexity index is 418. The lowest BCUT2D eigenvalue weighted by Crippen LogP contribution is -2.43. The summed E-state index contributed by atoms with van der Waals surface area (Å²) in [5, 5.41) is 3.67. The van der Waals surface area contributed by atoms with E-state index in [0.717, 1.165) is 23.0 Å². The van der Waals surface area contributed by atoms with Crippen LogP contribution >= 0.6 is 15.9 Å². The molecule has 1 N–H and O–H groups in total. The van der Waals surface area contributed by atoms with E-state index < -0.39 is 0 Å². The minimum absolute atomic E-state index is 0.767. The number of halogens is 1. The van der Waals surface area contributed by atoms with E-state index in [-0.39, 0.29) is 0 Å². The predicted octanol–water partition coefficient (Wildman–Crippen LogP) is 2.81. The van der Waals surface area contributed by atoms with Gasteiger partial charge in [-0.2, -0.15) is 0 Å². The van der Waals surface area contributed by atoms with Crippen molar-refractivity contribution in [3.8, 4) is 0 Å². The van der Waals surface area contributed by atoms with Crippen molar-refractivity contribution in [2.45, 2.75) is 38.3 Å². The van der Waals surface area contributed by atoms with Crippen molar-refractivity contribution < 1.29 is 0 Å². The average Bonchev–Trinajstić information content (AvgIpc) is 2.93. The zero-order valence-electron chi connectivity index (χ0n) is 11.3. The zero-order valence-corrected chi connectivity index (χ0v) is 12.9. The number of likely N-dealkylation sites (tertiary alicyclic amines) is 1. The van der Waals surface area contributed by atoms with Crippen LogP contribution in [-0.4, -0.2) is 35.6 Å². The molecular weight excluding hydrogens is 302 g/mol. The third-order valence-electron chi connectivity index (χ3n) is 4.38. The van der Waals surface area contributed by atoms with Gasteiger partial charge in [-0.1, -0.05) is 0 Å². The van der Waals surface area contributed by atoms with Crippen LogP contribution in [0.15, 0.2) is 22.9 Å². The number of piperidine rings is 1. The smallest absolute Gasteiger partial charge is 0.0410 e. The van der Waals surface area contributed by atoms with Gasteiger partial charge in [0, 0.05) is 36.0 Å². The van der Waals surface area contributed by atoms with Crippen molar-refractivity contribution in [3.05, 3.63) is 28.5 Å². The lowest BCUT2D eigenvalue weighted by Gasteiger charge is -2.35. The van der Waals surface area contributed by atoms with E-state index in [1.165, 1.54) is 50.9 Å². The van der Waals surface area contributed by atoms with Crippen LogP contribution < -0.4 is 5.32 Å². The molecule has 0 saturated carbocycles. The highest BCUT2D eigenvalue weighted by molar-refractivity contribution is 9.10. The van der Waals surface area contributed by atoms with E-state index in [2.05, 4.69) is 37.2 Å². The molecule has 3 nitrogen and oxygen atoms in total. The first kappa shape index (κ1) is 13.5. The topological polar surface area (TPSA) is 28.2 Å². The highest BCUT2D eigenvalue weighted by atomic mass is 79.9. The molecule has 0 aromatic carbocycles. The number of hydrogen-bond acceptors (Lipinski definition) is 3. The third-order valence-corrected chi connectivity index (χ3v) is 4.81. The fourth-order valence-electron chi connectivity index (χ4n) is 3.48.